The Morgan fingerprint density at radius 1 is 1.00 bits per heavy atom. The van der Waals surface area contributed by atoms with Gasteiger partial charge in [-0.1, -0.05) is 18.2 Å². The summed E-state index contributed by atoms with van der Waals surface area (Å²) in [6.45, 7) is 5.06. The van der Waals surface area contributed by atoms with E-state index in [0.29, 0.717) is 35.8 Å². The third-order valence-corrected chi connectivity index (χ3v) is 5.33. The van der Waals surface area contributed by atoms with E-state index in [-0.39, 0.29) is 18.1 Å². The maximum atomic E-state index is 13.6. The highest BCUT2D eigenvalue weighted by molar-refractivity contribution is 6.00. The Bertz CT molecular complexity index is 1050. The van der Waals surface area contributed by atoms with E-state index >= 15 is 0 Å². The zero-order chi connectivity index (χ0) is 22.0. The third kappa shape index (κ3) is 4.27. The summed E-state index contributed by atoms with van der Waals surface area (Å²) in [6.07, 6.45) is 1.77. The molecule has 7 nitrogen and oxygen atoms in total. The minimum Gasteiger partial charge on any atom is -0.493 e. The summed E-state index contributed by atoms with van der Waals surface area (Å²) in [7, 11) is 3.18. The lowest BCUT2D eigenvalue weighted by molar-refractivity contribution is -0.0586. The van der Waals surface area contributed by atoms with E-state index in [1.807, 2.05) is 67.3 Å². The van der Waals surface area contributed by atoms with Crippen molar-refractivity contribution in [3.05, 3.63) is 60.3 Å². The molecule has 0 N–H and O–H groups in total. The van der Waals surface area contributed by atoms with Gasteiger partial charge in [-0.25, -0.2) is 4.68 Å². The van der Waals surface area contributed by atoms with Gasteiger partial charge >= 0.3 is 0 Å². The number of amides is 1. The summed E-state index contributed by atoms with van der Waals surface area (Å²) >= 11 is 0. The van der Waals surface area contributed by atoms with Gasteiger partial charge in [-0.15, -0.1) is 0 Å². The molecule has 0 aliphatic carbocycles. The molecule has 162 valence electrons. The molecule has 1 aromatic heterocycles. The summed E-state index contributed by atoms with van der Waals surface area (Å²) in [5, 5.41) is 4.78. The van der Waals surface area contributed by atoms with Crippen molar-refractivity contribution in [3.8, 4) is 28.4 Å². The fourth-order valence-corrected chi connectivity index (χ4v) is 3.95. The van der Waals surface area contributed by atoms with Crippen molar-refractivity contribution in [3.63, 3.8) is 0 Å². The lowest BCUT2D eigenvalue weighted by atomic mass is 10.1. The van der Waals surface area contributed by atoms with Gasteiger partial charge in [0.25, 0.3) is 5.91 Å². The molecule has 1 aliphatic rings. The fourth-order valence-electron chi connectivity index (χ4n) is 3.95. The first kappa shape index (κ1) is 20.9. The number of hydrogen-bond acceptors (Lipinski definition) is 5. The van der Waals surface area contributed by atoms with Gasteiger partial charge in [-0.2, -0.15) is 5.10 Å². The molecule has 1 fully saturated rings. The van der Waals surface area contributed by atoms with E-state index in [1.165, 1.54) is 0 Å². The number of benzene rings is 2. The summed E-state index contributed by atoms with van der Waals surface area (Å²) in [4.78, 5) is 15.4. The van der Waals surface area contributed by atoms with Crippen molar-refractivity contribution < 1.29 is 19.0 Å². The highest BCUT2D eigenvalue weighted by atomic mass is 16.5. The minimum atomic E-state index is -0.0611. The minimum absolute atomic E-state index is 0.0126. The molecular formula is C24H27N3O4. The van der Waals surface area contributed by atoms with Gasteiger partial charge in [0.15, 0.2) is 11.5 Å². The van der Waals surface area contributed by atoms with Crippen LogP contribution < -0.4 is 9.47 Å². The summed E-state index contributed by atoms with van der Waals surface area (Å²) < 4.78 is 18.4. The zero-order valence-electron chi connectivity index (χ0n) is 18.2. The number of rotatable bonds is 5. The second-order valence-electron chi connectivity index (χ2n) is 7.71. The van der Waals surface area contributed by atoms with Crippen LogP contribution in [0.3, 0.4) is 0 Å². The number of aromatic nitrogens is 2. The Morgan fingerprint density at radius 3 is 2.32 bits per heavy atom. The smallest absolute Gasteiger partial charge is 0.257 e. The van der Waals surface area contributed by atoms with Crippen LogP contribution in [0, 0.1) is 0 Å². The van der Waals surface area contributed by atoms with Gasteiger partial charge in [0.1, 0.15) is 5.69 Å². The van der Waals surface area contributed by atoms with Gasteiger partial charge < -0.3 is 19.1 Å². The quantitative estimate of drug-likeness (QED) is 0.627. The number of methoxy groups -OCH3 is 2. The van der Waals surface area contributed by atoms with Crippen LogP contribution in [0.1, 0.15) is 24.2 Å². The van der Waals surface area contributed by atoms with Gasteiger partial charge in [0, 0.05) is 24.8 Å². The standard InChI is InChI=1S/C24H27N3O4/c1-16-13-26(14-17(2)31-16)24(28)20-15-27(19-8-6-5-7-9-19)25-23(20)18-10-11-21(29-3)22(12-18)30-4/h5-12,15-17H,13-14H2,1-4H3/t16-,17-/m1/s1. The first-order valence-corrected chi connectivity index (χ1v) is 10.3. The third-order valence-electron chi connectivity index (χ3n) is 5.33. The van der Waals surface area contributed by atoms with Crippen LogP contribution in [-0.4, -0.2) is 60.1 Å². The number of hydrogen-bond donors (Lipinski definition) is 0. The predicted octanol–water partition coefficient (Wildman–Crippen LogP) is 3.81. The van der Waals surface area contributed by atoms with Crippen molar-refractivity contribution in [2.75, 3.05) is 27.3 Å². The number of carbonyl (C=O) groups is 1. The lowest BCUT2D eigenvalue weighted by Crippen LogP contribution is -2.48. The van der Waals surface area contributed by atoms with Crippen LogP contribution in [0.4, 0.5) is 0 Å². The van der Waals surface area contributed by atoms with Crippen LogP contribution in [-0.2, 0) is 4.74 Å². The van der Waals surface area contributed by atoms with Crippen molar-refractivity contribution in [1.82, 2.24) is 14.7 Å². The van der Waals surface area contributed by atoms with Gasteiger partial charge in [0.2, 0.25) is 0 Å². The molecule has 31 heavy (non-hydrogen) atoms. The predicted molar refractivity (Wildman–Crippen MR) is 118 cm³/mol. The Labute approximate surface area is 182 Å². The molecule has 1 saturated heterocycles. The molecule has 2 atom stereocenters. The molecule has 7 heteroatoms. The van der Waals surface area contributed by atoms with Crippen LogP contribution in [0.15, 0.2) is 54.7 Å². The van der Waals surface area contributed by atoms with Crippen LogP contribution >= 0.6 is 0 Å². The largest absolute Gasteiger partial charge is 0.493 e. The Hall–Kier alpha value is -3.32. The molecule has 3 aromatic rings. The number of para-hydroxylation sites is 1. The molecule has 0 saturated carbocycles. The van der Waals surface area contributed by atoms with Crippen LogP contribution in [0.5, 0.6) is 11.5 Å². The summed E-state index contributed by atoms with van der Waals surface area (Å²) in [6, 6.07) is 15.3. The SMILES string of the molecule is COc1ccc(-c2nn(-c3ccccc3)cc2C(=O)N2C[C@@H](C)O[C@H](C)C2)cc1OC. The van der Waals surface area contributed by atoms with E-state index in [9.17, 15) is 4.79 Å². The molecule has 0 spiro atoms. The zero-order valence-corrected chi connectivity index (χ0v) is 18.2. The fraction of sp³-hybridized carbons (Fsp3) is 0.333. The summed E-state index contributed by atoms with van der Waals surface area (Å²) in [5.74, 6) is 1.15. The topological polar surface area (TPSA) is 65.8 Å². The first-order valence-electron chi connectivity index (χ1n) is 10.3. The molecule has 1 amide bonds. The van der Waals surface area contributed by atoms with E-state index < -0.39 is 0 Å². The van der Waals surface area contributed by atoms with Crippen molar-refractivity contribution in [1.29, 1.82) is 0 Å². The van der Waals surface area contributed by atoms with Crippen molar-refractivity contribution in [2.45, 2.75) is 26.1 Å². The average Bonchev–Trinajstić information content (AvgIpc) is 3.23. The highest BCUT2D eigenvalue weighted by Crippen LogP contribution is 2.34. The molecule has 2 aromatic carbocycles. The van der Waals surface area contributed by atoms with Gasteiger partial charge in [0.05, 0.1) is 37.7 Å². The number of nitrogens with zero attached hydrogens (tertiary/aromatic N) is 3. The summed E-state index contributed by atoms with van der Waals surface area (Å²) in [5.41, 5.74) is 2.80. The second kappa shape index (κ2) is 8.81. The second-order valence-corrected chi connectivity index (χ2v) is 7.71. The maximum Gasteiger partial charge on any atom is 0.257 e. The van der Waals surface area contributed by atoms with Crippen molar-refractivity contribution in [2.24, 2.45) is 0 Å². The normalized spacial score (nSPS) is 18.6. The molecule has 4 rings (SSSR count). The molecule has 2 heterocycles. The lowest BCUT2D eigenvalue weighted by Gasteiger charge is -2.35. The molecule has 0 bridgehead atoms. The Balaban J connectivity index is 1.80. The van der Waals surface area contributed by atoms with Crippen molar-refractivity contribution >= 4 is 5.91 Å². The first-order chi connectivity index (χ1) is 15.0. The van der Waals surface area contributed by atoms with Gasteiger partial charge in [-0.05, 0) is 44.2 Å². The molecule has 0 radical (unpaired) electrons. The van der Waals surface area contributed by atoms with Gasteiger partial charge in [-0.3, -0.25) is 4.79 Å². The number of morpholine rings is 1. The molecular weight excluding hydrogens is 394 g/mol. The number of carbonyl (C=O) groups excluding carboxylic acids is 1. The monoisotopic (exact) mass is 421 g/mol. The molecule has 0 unspecified atom stereocenters. The Kier molecular flexibility index (Phi) is 5.95. The van der Waals surface area contributed by atoms with E-state index in [4.69, 9.17) is 19.3 Å². The van der Waals surface area contributed by atoms with E-state index in [2.05, 4.69) is 0 Å². The Morgan fingerprint density at radius 2 is 1.68 bits per heavy atom. The maximum absolute atomic E-state index is 13.6. The average molecular weight is 421 g/mol. The highest BCUT2D eigenvalue weighted by Gasteiger charge is 2.30. The van der Waals surface area contributed by atoms with Crippen LogP contribution in [0.2, 0.25) is 0 Å². The molecule has 1 aliphatic heterocycles. The van der Waals surface area contributed by atoms with E-state index in [0.717, 1.165) is 11.3 Å². The van der Waals surface area contributed by atoms with E-state index in [1.54, 1.807) is 25.1 Å². The number of ether oxygens (including phenoxy) is 3. The van der Waals surface area contributed by atoms with Crippen LogP contribution in [0.25, 0.3) is 16.9 Å².